The first-order valence-electron chi connectivity index (χ1n) is 11.5. The van der Waals surface area contributed by atoms with Crippen LogP contribution in [0.2, 0.25) is 0 Å². The molecule has 7 heteroatoms. The van der Waals surface area contributed by atoms with Gasteiger partial charge >= 0.3 is 5.97 Å². The molecular weight excluding hydrogens is 450 g/mol. The van der Waals surface area contributed by atoms with Crippen molar-refractivity contribution in [3.63, 3.8) is 0 Å². The number of hydrogen-bond donors (Lipinski definition) is 0. The Kier molecular flexibility index (Phi) is 8.71. The van der Waals surface area contributed by atoms with Gasteiger partial charge in [0.05, 0.1) is 22.8 Å². The minimum Gasteiger partial charge on any atom is -0.494 e. The average molecular weight is 482 g/mol. The number of sulfonamides is 1. The molecule has 0 atom stereocenters. The summed E-state index contributed by atoms with van der Waals surface area (Å²) in [6.45, 7) is 6.52. The number of carbonyl (C=O) groups is 1. The van der Waals surface area contributed by atoms with Gasteiger partial charge in [0.25, 0.3) is 10.0 Å². The van der Waals surface area contributed by atoms with Crippen LogP contribution in [0.5, 0.6) is 11.5 Å². The third-order valence-electron chi connectivity index (χ3n) is 5.37. The van der Waals surface area contributed by atoms with Crippen LogP contribution in [0, 0.1) is 6.92 Å². The van der Waals surface area contributed by atoms with Gasteiger partial charge in [-0.05, 0) is 74.4 Å². The lowest BCUT2D eigenvalue weighted by molar-refractivity contribution is 0.0734. The largest absolute Gasteiger partial charge is 0.494 e. The lowest BCUT2D eigenvalue weighted by Gasteiger charge is -2.24. The van der Waals surface area contributed by atoms with E-state index in [2.05, 4.69) is 6.92 Å². The highest BCUT2D eigenvalue weighted by molar-refractivity contribution is 7.92. The first-order valence-corrected chi connectivity index (χ1v) is 12.9. The summed E-state index contributed by atoms with van der Waals surface area (Å²) in [4.78, 5) is 12.9. The fraction of sp³-hybridized carbons (Fsp3) is 0.296. The minimum absolute atomic E-state index is 0.0727. The monoisotopic (exact) mass is 481 g/mol. The molecule has 0 aliphatic rings. The fourth-order valence-corrected chi connectivity index (χ4v) is 5.25. The zero-order valence-corrected chi connectivity index (χ0v) is 20.7. The molecule has 0 N–H and O–H groups in total. The summed E-state index contributed by atoms with van der Waals surface area (Å²) in [5.41, 5.74) is 1.28. The molecule has 0 aromatic heterocycles. The second-order valence-electron chi connectivity index (χ2n) is 7.90. The van der Waals surface area contributed by atoms with Gasteiger partial charge in [-0.1, -0.05) is 44.0 Å². The van der Waals surface area contributed by atoms with E-state index in [0.717, 1.165) is 19.3 Å². The van der Waals surface area contributed by atoms with Crippen molar-refractivity contribution in [2.75, 3.05) is 17.5 Å². The van der Waals surface area contributed by atoms with Gasteiger partial charge in [0.1, 0.15) is 11.5 Å². The number of esters is 1. The summed E-state index contributed by atoms with van der Waals surface area (Å²) >= 11 is 0. The molecule has 3 rings (SSSR count). The highest BCUT2D eigenvalue weighted by atomic mass is 32.2. The SMILES string of the molecule is CCCCCOc1ccc(OC(=O)c2ccc(C)c(S(=O)(=O)N(CC)c3ccccc3)c2)cc1. The number of benzene rings is 3. The number of hydrogen-bond acceptors (Lipinski definition) is 5. The summed E-state index contributed by atoms with van der Waals surface area (Å²) in [6, 6.07) is 20.3. The number of carbonyl (C=O) groups excluding carboxylic acids is 1. The van der Waals surface area contributed by atoms with Crippen LogP contribution in [0.3, 0.4) is 0 Å². The van der Waals surface area contributed by atoms with Gasteiger partial charge in [-0.2, -0.15) is 0 Å². The highest BCUT2D eigenvalue weighted by Crippen LogP contribution is 2.27. The van der Waals surface area contributed by atoms with Crippen molar-refractivity contribution in [3.05, 3.63) is 83.9 Å². The Morgan fingerprint density at radius 2 is 1.56 bits per heavy atom. The Balaban J connectivity index is 1.77. The Labute approximate surface area is 202 Å². The first-order chi connectivity index (χ1) is 16.4. The van der Waals surface area contributed by atoms with Crippen molar-refractivity contribution in [3.8, 4) is 11.5 Å². The molecule has 0 aliphatic heterocycles. The van der Waals surface area contributed by atoms with Crippen LogP contribution in [0.1, 0.15) is 49.0 Å². The van der Waals surface area contributed by atoms with Crippen LogP contribution in [0.15, 0.2) is 77.7 Å². The molecule has 3 aromatic carbocycles. The van der Waals surface area contributed by atoms with Crippen molar-refractivity contribution in [1.29, 1.82) is 0 Å². The molecular formula is C27H31NO5S. The summed E-state index contributed by atoms with van der Waals surface area (Å²) in [6.07, 6.45) is 3.24. The van der Waals surface area contributed by atoms with Crippen LogP contribution in [-0.4, -0.2) is 27.5 Å². The molecule has 0 aliphatic carbocycles. The van der Waals surface area contributed by atoms with Gasteiger partial charge in [-0.25, -0.2) is 13.2 Å². The third kappa shape index (κ3) is 6.17. The fourth-order valence-electron chi connectivity index (χ4n) is 3.52. The van der Waals surface area contributed by atoms with E-state index in [9.17, 15) is 13.2 Å². The molecule has 3 aromatic rings. The highest BCUT2D eigenvalue weighted by Gasteiger charge is 2.26. The molecule has 0 fully saturated rings. The smallest absolute Gasteiger partial charge is 0.343 e. The molecule has 0 saturated heterocycles. The second kappa shape index (κ2) is 11.7. The second-order valence-corrected chi connectivity index (χ2v) is 9.73. The molecule has 0 spiro atoms. The molecule has 0 saturated carbocycles. The maximum Gasteiger partial charge on any atom is 0.343 e. The zero-order valence-electron chi connectivity index (χ0n) is 19.9. The summed E-state index contributed by atoms with van der Waals surface area (Å²) < 4.78 is 39.4. The van der Waals surface area contributed by atoms with Crippen molar-refractivity contribution < 1.29 is 22.7 Å². The first kappa shape index (κ1) is 25.3. The van der Waals surface area contributed by atoms with E-state index >= 15 is 0 Å². The van der Waals surface area contributed by atoms with Gasteiger partial charge in [-0.15, -0.1) is 0 Å². The molecule has 34 heavy (non-hydrogen) atoms. The molecule has 180 valence electrons. The Morgan fingerprint density at radius 1 is 0.882 bits per heavy atom. The van der Waals surface area contributed by atoms with E-state index in [1.165, 1.54) is 10.4 Å². The maximum atomic E-state index is 13.4. The van der Waals surface area contributed by atoms with Crippen molar-refractivity contribution >= 4 is 21.7 Å². The van der Waals surface area contributed by atoms with E-state index in [-0.39, 0.29) is 17.0 Å². The van der Waals surface area contributed by atoms with Crippen LogP contribution >= 0.6 is 0 Å². The summed E-state index contributed by atoms with van der Waals surface area (Å²) in [7, 11) is -3.87. The Hall–Kier alpha value is -3.32. The van der Waals surface area contributed by atoms with E-state index in [1.54, 1.807) is 74.5 Å². The van der Waals surface area contributed by atoms with E-state index in [4.69, 9.17) is 9.47 Å². The molecule has 0 unspecified atom stereocenters. The minimum atomic E-state index is -3.87. The topological polar surface area (TPSA) is 72.9 Å². The predicted octanol–water partition coefficient (Wildman–Crippen LogP) is 6.00. The van der Waals surface area contributed by atoms with Crippen LogP contribution in [0.25, 0.3) is 0 Å². The number of ether oxygens (including phenoxy) is 2. The van der Waals surface area contributed by atoms with Crippen LogP contribution in [0.4, 0.5) is 5.69 Å². The number of nitrogens with zero attached hydrogens (tertiary/aromatic N) is 1. The number of anilines is 1. The zero-order chi connectivity index (χ0) is 24.6. The van der Waals surface area contributed by atoms with Crippen molar-refractivity contribution in [2.45, 2.75) is 44.9 Å². The third-order valence-corrected chi connectivity index (χ3v) is 7.42. The molecule has 0 amide bonds. The summed E-state index contributed by atoms with van der Waals surface area (Å²) in [5, 5.41) is 0. The maximum absolute atomic E-state index is 13.4. The van der Waals surface area contributed by atoms with Gasteiger partial charge in [0.2, 0.25) is 0 Å². The van der Waals surface area contributed by atoms with Crippen LogP contribution in [-0.2, 0) is 10.0 Å². The Morgan fingerprint density at radius 3 is 2.21 bits per heavy atom. The quantitative estimate of drug-likeness (QED) is 0.191. The van der Waals surface area contributed by atoms with Gasteiger partial charge in [0, 0.05) is 6.54 Å². The number of aryl methyl sites for hydroxylation is 1. The molecule has 0 radical (unpaired) electrons. The molecule has 0 heterocycles. The van der Waals surface area contributed by atoms with E-state index < -0.39 is 16.0 Å². The number of unbranched alkanes of at least 4 members (excludes halogenated alkanes) is 2. The van der Waals surface area contributed by atoms with Gasteiger partial charge < -0.3 is 9.47 Å². The van der Waals surface area contributed by atoms with Crippen molar-refractivity contribution in [2.24, 2.45) is 0 Å². The lowest BCUT2D eigenvalue weighted by Crippen LogP contribution is -2.31. The Bertz CT molecular complexity index is 1190. The normalized spacial score (nSPS) is 11.1. The van der Waals surface area contributed by atoms with Crippen molar-refractivity contribution in [1.82, 2.24) is 0 Å². The standard InChI is InChI=1S/C27H31NO5S/c1-4-6-10-19-32-24-15-17-25(18-16-24)33-27(29)22-14-13-21(3)26(20-22)34(30,31)28(5-2)23-11-8-7-9-12-23/h7-9,11-18,20H,4-6,10,19H2,1-3H3. The summed E-state index contributed by atoms with van der Waals surface area (Å²) in [5.74, 6) is 0.436. The number of rotatable bonds is 11. The van der Waals surface area contributed by atoms with Gasteiger partial charge in [-0.3, -0.25) is 4.31 Å². The van der Waals surface area contributed by atoms with Crippen LogP contribution < -0.4 is 13.8 Å². The predicted molar refractivity (Wildman–Crippen MR) is 134 cm³/mol. The van der Waals surface area contributed by atoms with E-state index in [0.29, 0.717) is 29.4 Å². The van der Waals surface area contributed by atoms with E-state index in [1.807, 2.05) is 6.07 Å². The average Bonchev–Trinajstić information content (AvgIpc) is 2.84. The molecule has 6 nitrogen and oxygen atoms in total. The number of para-hydroxylation sites is 1. The van der Waals surface area contributed by atoms with Gasteiger partial charge in [0.15, 0.2) is 0 Å². The molecule has 0 bridgehead atoms. The lowest BCUT2D eigenvalue weighted by atomic mass is 10.1.